The zero-order valence-corrected chi connectivity index (χ0v) is 12.5. The fourth-order valence-corrected chi connectivity index (χ4v) is 3.13. The standard InChI is InChI=1S/C16H23N3O/c1-11-14-10-17-18-15(14)8-9-16(11)20-13-6-4-12(5-7-13)19(2)3/h8-10,12-13H,4-7H2,1-3H3,(H,17,18)/t12-,13-. The predicted molar refractivity (Wildman–Crippen MR) is 81.2 cm³/mol. The van der Waals surface area contributed by atoms with Crippen LogP contribution in [0.3, 0.4) is 0 Å². The van der Waals surface area contributed by atoms with E-state index in [1.54, 1.807) is 0 Å². The molecule has 4 heteroatoms. The maximum Gasteiger partial charge on any atom is 0.123 e. The summed E-state index contributed by atoms with van der Waals surface area (Å²) < 4.78 is 6.23. The van der Waals surface area contributed by atoms with Crippen molar-refractivity contribution in [3.8, 4) is 5.75 Å². The summed E-state index contributed by atoms with van der Waals surface area (Å²) >= 11 is 0. The molecule has 3 rings (SSSR count). The largest absolute Gasteiger partial charge is 0.490 e. The normalized spacial score (nSPS) is 23.4. The molecule has 4 nitrogen and oxygen atoms in total. The predicted octanol–water partition coefficient (Wildman–Crippen LogP) is 3.12. The van der Waals surface area contributed by atoms with Crippen molar-refractivity contribution < 1.29 is 4.74 Å². The number of aromatic amines is 1. The SMILES string of the molecule is Cc1c(O[C@H]2CC[C@H](N(C)C)CC2)ccc2[nH]ncc12. The molecule has 1 aliphatic rings. The number of aryl methyl sites for hydroxylation is 1. The van der Waals surface area contributed by atoms with Crippen LogP contribution in [0.2, 0.25) is 0 Å². The van der Waals surface area contributed by atoms with Gasteiger partial charge in [-0.05, 0) is 58.8 Å². The van der Waals surface area contributed by atoms with E-state index in [2.05, 4.69) is 48.2 Å². The van der Waals surface area contributed by atoms with E-state index in [4.69, 9.17) is 4.74 Å². The zero-order chi connectivity index (χ0) is 14.1. The third-order valence-electron chi connectivity index (χ3n) is 4.51. The van der Waals surface area contributed by atoms with E-state index in [-0.39, 0.29) is 0 Å². The molecule has 0 aliphatic heterocycles. The Bertz CT molecular complexity index is 582. The quantitative estimate of drug-likeness (QED) is 0.934. The van der Waals surface area contributed by atoms with Gasteiger partial charge in [-0.3, -0.25) is 5.10 Å². The molecular weight excluding hydrogens is 250 g/mol. The van der Waals surface area contributed by atoms with Crippen molar-refractivity contribution in [1.29, 1.82) is 0 Å². The van der Waals surface area contributed by atoms with E-state index in [0.717, 1.165) is 29.5 Å². The average molecular weight is 273 g/mol. The van der Waals surface area contributed by atoms with Gasteiger partial charge in [0, 0.05) is 17.0 Å². The highest BCUT2D eigenvalue weighted by molar-refractivity contribution is 5.83. The van der Waals surface area contributed by atoms with E-state index in [1.165, 1.54) is 18.4 Å². The fourth-order valence-electron chi connectivity index (χ4n) is 3.13. The van der Waals surface area contributed by atoms with Crippen molar-refractivity contribution in [2.24, 2.45) is 0 Å². The topological polar surface area (TPSA) is 41.1 Å². The molecule has 20 heavy (non-hydrogen) atoms. The van der Waals surface area contributed by atoms with Gasteiger partial charge in [-0.15, -0.1) is 0 Å². The fraction of sp³-hybridized carbons (Fsp3) is 0.562. The Balaban J connectivity index is 1.69. The molecule has 0 bridgehead atoms. The Hall–Kier alpha value is -1.55. The summed E-state index contributed by atoms with van der Waals surface area (Å²) in [5.41, 5.74) is 2.26. The Kier molecular flexibility index (Phi) is 3.66. The van der Waals surface area contributed by atoms with Crippen LogP contribution in [0.5, 0.6) is 5.75 Å². The highest BCUT2D eigenvalue weighted by atomic mass is 16.5. The molecule has 0 atom stereocenters. The molecule has 1 N–H and O–H groups in total. The number of H-pyrrole nitrogens is 1. The van der Waals surface area contributed by atoms with Crippen LogP contribution in [0, 0.1) is 6.92 Å². The van der Waals surface area contributed by atoms with Gasteiger partial charge < -0.3 is 9.64 Å². The first-order valence-corrected chi connectivity index (χ1v) is 7.41. The van der Waals surface area contributed by atoms with Gasteiger partial charge >= 0.3 is 0 Å². The zero-order valence-electron chi connectivity index (χ0n) is 12.5. The summed E-state index contributed by atoms with van der Waals surface area (Å²) in [5, 5.41) is 8.25. The highest BCUT2D eigenvalue weighted by Gasteiger charge is 2.24. The Morgan fingerprint density at radius 1 is 1.20 bits per heavy atom. The molecule has 0 unspecified atom stereocenters. The molecule has 0 radical (unpaired) electrons. The van der Waals surface area contributed by atoms with Crippen molar-refractivity contribution in [2.45, 2.75) is 44.8 Å². The van der Waals surface area contributed by atoms with Crippen LogP contribution < -0.4 is 4.74 Å². The molecule has 2 aromatic rings. The second-order valence-corrected chi connectivity index (χ2v) is 6.03. The van der Waals surface area contributed by atoms with Crippen LogP contribution in [-0.2, 0) is 0 Å². The van der Waals surface area contributed by atoms with Crippen molar-refractivity contribution in [3.05, 3.63) is 23.9 Å². The Morgan fingerprint density at radius 3 is 2.65 bits per heavy atom. The molecular formula is C16H23N3O. The van der Waals surface area contributed by atoms with Crippen LogP contribution in [0.4, 0.5) is 0 Å². The van der Waals surface area contributed by atoms with Gasteiger partial charge in [-0.2, -0.15) is 5.10 Å². The maximum absolute atomic E-state index is 6.23. The average Bonchev–Trinajstić information content (AvgIpc) is 2.92. The number of benzene rings is 1. The maximum atomic E-state index is 6.23. The number of rotatable bonds is 3. The summed E-state index contributed by atoms with van der Waals surface area (Å²) in [6.45, 7) is 2.11. The van der Waals surface area contributed by atoms with E-state index < -0.39 is 0 Å². The van der Waals surface area contributed by atoms with Crippen molar-refractivity contribution in [1.82, 2.24) is 15.1 Å². The van der Waals surface area contributed by atoms with Crippen molar-refractivity contribution in [2.75, 3.05) is 14.1 Å². The number of hydrogen-bond donors (Lipinski definition) is 1. The van der Waals surface area contributed by atoms with Gasteiger partial charge in [0.15, 0.2) is 0 Å². The summed E-state index contributed by atoms with van der Waals surface area (Å²) in [5.74, 6) is 1.01. The van der Waals surface area contributed by atoms with Gasteiger partial charge in [0.2, 0.25) is 0 Å². The Morgan fingerprint density at radius 2 is 1.95 bits per heavy atom. The summed E-state index contributed by atoms with van der Waals surface area (Å²) in [6, 6.07) is 4.83. The van der Waals surface area contributed by atoms with Crippen LogP contribution in [0.15, 0.2) is 18.3 Å². The van der Waals surface area contributed by atoms with Crippen LogP contribution in [0.1, 0.15) is 31.2 Å². The summed E-state index contributed by atoms with van der Waals surface area (Å²) in [4.78, 5) is 2.33. The van der Waals surface area contributed by atoms with Crippen LogP contribution >= 0.6 is 0 Å². The van der Waals surface area contributed by atoms with E-state index in [0.29, 0.717) is 12.1 Å². The van der Waals surface area contributed by atoms with Gasteiger partial charge in [0.05, 0.1) is 17.8 Å². The summed E-state index contributed by atoms with van der Waals surface area (Å²) in [7, 11) is 4.34. The molecule has 1 saturated carbocycles. The van der Waals surface area contributed by atoms with E-state index in [1.807, 2.05) is 6.20 Å². The molecule has 0 spiro atoms. The third kappa shape index (κ3) is 2.52. The number of fused-ring (bicyclic) bond motifs is 1. The minimum atomic E-state index is 0.356. The summed E-state index contributed by atoms with van der Waals surface area (Å²) in [6.07, 6.45) is 6.97. The van der Waals surface area contributed by atoms with E-state index in [9.17, 15) is 0 Å². The molecule has 1 aromatic heterocycles. The number of nitrogens with zero attached hydrogens (tertiary/aromatic N) is 2. The smallest absolute Gasteiger partial charge is 0.123 e. The minimum absolute atomic E-state index is 0.356. The van der Waals surface area contributed by atoms with Crippen molar-refractivity contribution >= 4 is 10.9 Å². The second kappa shape index (κ2) is 5.44. The monoisotopic (exact) mass is 273 g/mol. The van der Waals surface area contributed by atoms with Crippen molar-refractivity contribution in [3.63, 3.8) is 0 Å². The first-order chi connectivity index (χ1) is 9.65. The number of ether oxygens (including phenoxy) is 1. The third-order valence-corrected chi connectivity index (χ3v) is 4.51. The number of hydrogen-bond acceptors (Lipinski definition) is 3. The first-order valence-electron chi connectivity index (χ1n) is 7.41. The molecule has 108 valence electrons. The van der Waals surface area contributed by atoms with Gasteiger partial charge in [-0.1, -0.05) is 0 Å². The molecule has 1 aliphatic carbocycles. The molecule has 1 aromatic carbocycles. The number of aromatic nitrogens is 2. The van der Waals surface area contributed by atoms with Crippen LogP contribution in [0.25, 0.3) is 10.9 Å². The van der Waals surface area contributed by atoms with Gasteiger partial charge in [0.25, 0.3) is 0 Å². The molecule has 1 heterocycles. The Labute approximate surface area is 120 Å². The molecule has 1 fully saturated rings. The van der Waals surface area contributed by atoms with E-state index >= 15 is 0 Å². The van der Waals surface area contributed by atoms with Gasteiger partial charge in [0.1, 0.15) is 5.75 Å². The second-order valence-electron chi connectivity index (χ2n) is 6.03. The lowest BCUT2D eigenvalue weighted by Gasteiger charge is -2.33. The lowest BCUT2D eigenvalue weighted by atomic mass is 9.92. The lowest BCUT2D eigenvalue weighted by molar-refractivity contribution is 0.111. The number of nitrogens with one attached hydrogen (secondary N) is 1. The molecule has 0 saturated heterocycles. The molecule has 0 amide bonds. The minimum Gasteiger partial charge on any atom is -0.490 e. The lowest BCUT2D eigenvalue weighted by Crippen LogP contribution is -2.35. The first kappa shape index (κ1) is 13.4. The highest BCUT2D eigenvalue weighted by Crippen LogP contribution is 2.30. The van der Waals surface area contributed by atoms with Crippen LogP contribution in [-0.4, -0.2) is 41.3 Å². The van der Waals surface area contributed by atoms with Gasteiger partial charge in [-0.25, -0.2) is 0 Å².